The zero-order valence-corrected chi connectivity index (χ0v) is 17.0. The maximum absolute atomic E-state index is 13.1. The van der Waals surface area contributed by atoms with Crippen molar-refractivity contribution < 1.29 is 9.72 Å². The Morgan fingerprint density at radius 2 is 1.80 bits per heavy atom. The zero-order chi connectivity index (χ0) is 21.3. The van der Waals surface area contributed by atoms with Gasteiger partial charge in [-0.05, 0) is 62.1 Å². The lowest BCUT2D eigenvalue weighted by atomic mass is 10.1. The second kappa shape index (κ2) is 8.06. The number of nitrogens with zero attached hydrogens (tertiary/aromatic N) is 5. The summed E-state index contributed by atoms with van der Waals surface area (Å²) < 4.78 is 1.63. The van der Waals surface area contributed by atoms with Gasteiger partial charge in [-0.25, -0.2) is 0 Å². The van der Waals surface area contributed by atoms with Gasteiger partial charge in [0.1, 0.15) is 11.4 Å². The van der Waals surface area contributed by atoms with E-state index in [1.54, 1.807) is 30.9 Å². The Bertz CT molecular complexity index is 1070. The highest BCUT2D eigenvalue weighted by Crippen LogP contribution is 2.30. The molecule has 1 aliphatic carbocycles. The highest BCUT2D eigenvalue weighted by Gasteiger charge is 2.33. The number of aromatic nitrogens is 3. The van der Waals surface area contributed by atoms with Crippen LogP contribution >= 0.6 is 0 Å². The Morgan fingerprint density at radius 1 is 1.13 bits per heavy atom. The van der Waals surface area contributed by atoms with E-state index in [9.17, 15) is 14.9 Å². The molecule has 2 aromatic heterocycles. The van der Waals surface area contributed by atoms with Gasteiger partial charge in [-0.15, -0.1) is 0 Å². The summed E-state index contributed by atoms with van der Waals surface area (Å²) in [6, 6.07) is 11.6. The molecule has 8 nitrogen and oxygen atoms in total. The quantitative estimate of drug-likeness (QED) is 0.442. The number of pyridine rings is 1. The lowest BCUT2D eigenvalue weighted by Crippen LogP contribution is -2.32. The standard InChI is InChI=1S/C22H23N5O3/c1-15-21(27(29)30)16(2)26(24-15)14-17-3-5-19(6-4-17)22(28)25(20-7-8-20)13-18-9-11-23-12-10-18/h3-6,9-12,20H,7-8,13-14H2,1-2H3. The molecule has 0 unspecified atom stereocenters. The summed E-state index contributed by atoms with van der Waals surface area (Å²) in [5.41, 5.74) is 3.61. The van der Waals surface area contributed by atoms with Crippen molar-refractivity contribution in [1.82, 2.24) is 19.7 Å². The van der Waals surface area contributed by atoms with Crippen LogP contribution in [0.1, 0.15) is 45.7 Å². The van der Waals surface area contributed by atoms with E-state index in [2.05, 4.69) is 10.1 Å². The molecule has 0 spiro atoms. The molecule has 0 radical (unpaired) electrons. The first-order valence-electron chi connectivity index (χ1n) is 9.91. The third-order valence-electron chi connectivity index (χ3n) is 5.41. The number of nitro groups is 1. The monoisotopic (exact) mass is 405 g/mol. The molecule has 0 bridgehead atoms. The van der Waals surface area contributed by atoms with Crippen molar-refractivity contribution in [1.29, 1.82) is 0 Å². The van der Waals surface area contributed by atoms with Crippen molar-refractivity contribution in [3.8, 4) is 0 Å². The van der Waals surface area contributed by atoms with Crippen LogP contribution in [0.4, 0.5) is 5.69 Å². The Balaban J connectivity index is 1.49. The van der Waals surface area contributed by atoms with Gasteiger partial charge < -0.3 is 4.90 Å². The third kappa shape index (κ3) is 4.07. The second-order valence-corrected chi connectivity index (χ2v) is 7.65. The Hall–Kier alpha value is -3.55. The van der Waals surface area contributed by atoms with Crippen molar-refractivity contribution in [2.24, 2.45) is 0 Å². The molecule has 2 heterocycles. The maximum atomic E-state index is 13.1. The van der Waals surface area contributed by atoms with Gasteiger partial charge in [0.25, 0.3) is 5.91 Å². The summed E-state index contributed by atoms with van der Waals surface area (Å²) in [6.45, 7) is 4.32. The minimum absolute atomic E-state index is 0.0163. The highest BCUT2D eigenvalue weighted by atomic mass is 16.6. The molecule has 1 amide bonds. The summed E-state index contributed by atoms with van der Waals surface area (Å²) in [7, 11) is 0. The molecule has 4 rings (SSSR count). The predicted octanol–water partition coefficient (Wildman–Crippen LogP) is 3.66. The van der Waals surface area contributed by atoms with E-state index in [4.69, 9.17) is 0 Å². The molecule has 0 atom stereocenters. The lowest BCUT2D eigenvalue weighted by molar-refractivity contribution is -0.386. The van der Waals surface area contributed by atoms with Gasteiger partial charge in [0.15, 0.2) is 0 Å². The minimum atomic E-state index is -0.398. The number of benzene rings is 1. The molecule has 30 heavy (non-hydrogen) atoms. The molecule has 1 aliphatic rings. The average molecular weight is 405 g/mol. The fourth-order valence-electron chi connectivity index (χ4n) is 3.63. The van der Waals surface area contributed by atoms with E-state index in [0.717, 1.165) is 24.0 Å². The molecule has 0 saturated heterocycles. The van der Waals surface area contributed by atoms with Crippen molar-refractivity contribution in [2.45, 2.75) is 45.8 Å². The lowest BCUT2D eigenvalue weighted by Gasteiger charge is -2.22. The first kappa shape index (κ1) is 19.8. The molecular weight excluding hydrogens is 382 g/mol. The van der Waals surface area contributed by atoms with Crippen LogP contribution in [0.2, 0.25) is 0 Å². The van der Waals surface area contributed by atoms with Gasteiger partial charge in [-0.2, -0.15) is 5.10 Å². The largest absolute Gasteiger partial charge is 0.331 e. The van der Waals surface area contributed by atoms with E-state index in [1.807, 2.05) is 41.3 Å². The van der Waals surface area contributed by atoms with Gasteiger partial charge in [0.05, 0.1) is 11.5 Å². The third-order valence-corrected chi connectivity index (χ3v) is 5.41. The first-order chi connectivity index (χ1) is 14.4. The molecule has 1 aromatic carbocycles. The smallest absolute Gasteiger partial charge is 0.312 e. The minimum Gasteiger partial charge on any atom is -0.331 e. The fourth-order valence-corrected chi connectivity index (χ4v) is 3.63. The van der Waals surface area contributed by atoms with E-state index < -0.39 is 4.92 Å². The number of carbonyl (C=O) groups is 1. The van der Waals surface area contributed by atoms with Crippen LogP contribution in [-0.4, -0.2) is 36.5 Å². The molecular formula is C22H23N5O3. The maximum Gasteiger partial charge on any atom is 0.312 e. The summed E-state index contributed by atoms with van der Waals surface area (Å²) in [5.74, 6) is 0.0163. The fraction of sp³-hybridized carbons (Fsp3) is 0.318. The Labute approximate surface area is 174 Å². The topological polar surface area (TPSA) is 94.2 Å². The van der Waals surface area contributed by atoms with Crippen LogP contribution in [-0.2, 0) is 13.1 Å². The van der Waals surface area contributed by atoms with Crippen molar-refractivity contribution in [3.63, 3.8) is 0 Å². The molecule has 0 aliphatic heterocycles. The van der Waals surface area contributed by atoms with Crippen molar-refractivity contribution >= 4 is 11.6 Å². The van der Waals surface area contributed by atoms with Gasteiger partial charge in [0.2, 0.25) is 0 Å². The Morgan fingerprint density at radius 3 is 2.37 bits per heavy atom. The number of carbonyl (C=O) groups excluding carboxylic acids is 1. The van der Waals surface area contributed by atoms with Crippen LogP contribution in [0.25, 0.3) is 0 Å². The van der Waals surface area contributed by atoms with Crippen LogP contribution in [0.3, 0.4) is 0 Å². The summed E-state index contributed by atoms with van der Waals surface area (Å²) in [6.07, 6.45) is 5.54. The zero-order valence-electron chi connectivity index (χ0n) is 17.0. The van der Waals surface area contributed by atoms with Crippen LogP contribution in [0.15, 0.2) is 48.8 Å². The number of amides is 1. The van der Waals surface area contributed by atoms with Crippen molar-refractivity contribution in [3.05, 3.63) is 87.0 Å². The van der Waals surface area contributed by atoms with E-state index >= 15 is 0 Å². The summed E-state index contributed by atoms with van der Waals surface area (Å²) in [4.78, 5) is 29.8. The number of aryl methyl sites for hydroxylation is 1. The molecule has 8 heteroatoms. The number of rotatable bonds is 7. The van der Waals surface area contributed by atoms with Gasteiger partial charge in [0, 0.05) is 30.5 Å². The van der Waals surface area contributed by atoms with Crippen molar-refractivity contribution in [2.75, 3.05) is 0 Å². The average Bonchev–Trinajstić information content (AvgIpc) is 3.53. The van der Waals surface area contributed by atoms with Gasteiger partial charge in [-0.3, -0.25) is 24.6 Å². The first-order valence-corrected chi connectivity index (χ1v) is 9.91. The predicted molar refractivity (Wildman–Crippen MR) is 111 cm³/mol. The van der Waals surface area contributed by atoms with Crippen LogP contribution < -0.4 is 0 Å². The Kier molecular flexibility index (Phi) is 5.31. The summed E-state index contributed by atoms with van der Waals surface area (Å²) in [5, 5.41) is 15.5. The number of hydrogen-bond donors (Lipinski definition) is 0. The van der Waals surface area contributed by atoms with E-state index in [-0.39, 0.29) is 11.6 Å². The second-order valence-electron chi connectivity index (χ2n) is 7.65. The molecule has 1 saturated carbocycles. The normalized spacial score (nSPS) is 13.3. The molecule has 0 N–H and O–H groups in total. The van der Waals surface area contributed by atoms with Gasteiger partial charge in [-0.1, -0.05) is 12.1 Å². The number of hydrogen-bond acceptors (Lipinski definition) is 5. The summed E-state index contributed by atoms with van der Waals surface area (Å²) >= 11 is 0. The SMILES string of the molecule is Cc1nn(Cc2ccc(C(=O)N(Cc3ccncc3)C3CC3)cc2)c(C)c1[N+](=O)[O-]. The van der Waals surface area contributed by atoms with E-state index in [1.165, 1.54) is 0 Å². The molecule has 3 aromatic rings. The highest BCUT2D eigenvalue weighted by molar-refractivity contribution is 5.94. The molecule has 1 fully saturated rings. The van der Waals surface area contributed by atoms with Crippen LogP contribution in [0, 0.1) is 24.0 Å². The van der Waals surface area contributed by atoms with E-state index in [0.29, 0.717) is 36.1 Å². The van der Waals surface area contributed by atoms with Gasteiger partial charge >= 0.3 is 5.69 Å². The van der Waals surface area contributed by atoms with Crippen LogP contribution in [0.5, 0.6) is 0 Å². The molecule has 154 valence electrons.